The number of non-ortho nitro benzene ring substituents is 1. The van der Waals surface area contributed by atoms with E-state index in [0.717, 1.165) is 17.0 Å². The van der Waals surface area contributed by atoms with Crippen molar-refractivity contribution in [3.63, 3.8) is 0 Å². The minimum Gasteiger partial charge on any atom is -0.487 e. The maximum absolute atomic E-state index is 10.8. The molecular formula is C15H17N3O3. The van der Waals surface area contributed by atoms with Gasteiger partial charge < -0.3 is 10.1 Å². The van der Waals surface area contributed by atoms with E-state index in [1.807, 2.05) is 26.1 Å². The van der Waals surface area contributed by atoms with Crippen molar-refractivity contribution in [2.45, 2.75) is 20.1 Å². The minimum absolute atomic E-state index is 0.0635. The van der Waals surface area contributed by atoms with Crippen LogP contribution in [0.25, 0.3) is 0 Å². The van der Waals surface area contributed by atoms with Crippen LogP contribution in [0.3, 0.4) is 0 Å². The molecule has 6 heteroatoms. The molecule has 6 nitrogen and oxygen atoms in total. The SMILES string of the molecule is CNCc1nc(C)ccc1OCc1cccc([N+](=O)[O-])c1. The summed E-state index contributed by atoms with van der Waals surface area (Å²) in [5, 5.41) is 13.8. The Morgan fingerprint density at radius 3 is 2.86 bits per heavy atom. The number of aromatic nitrogens is 1. The molecule has 2 aromatic rings. The molecule has 0 aliphatic rings. The lowest BCUT2D eigenvalue weighted by Crippen LogP contribution is -2.10. The van der Waals surface area contributed by atoms with Crippen LogP contribution in [-0.4, -0.2) is 17.0 Å². The Labute approximate surface area is 122 Å². The zero-order valence-corrected chi connectivity index (χ0v) is 12.0. The molecule has 21 heavy (non-hydrogen) atoms. The summed E-state index contributed by atoms with van der Waals surface area (Å²) >= 11 is 0. The van der Waals surface area contributed by atoms with Gasteiger partial charge in [-0.3, -0.25) is 15.1 Å². The highest BCUT2D eigenvalue weighted by atomic mass is 16.6. The fourth-order valence-corrected chi connectivity index (χ4v) is 1.94. The Hall–Kier alpha value is -2.47. The lowest BCUT2D eigenvalue weighted by Gasteiger charge is -2.11. The van der Waals surface area contributed by atoms with Crippen LogP contribution < -0.4 is 10.1 Å². The van der Waals surface area contributed by atoms with Crippen LogP contribution in [0.15, 0.2) is 36.4 Å². The number of benzene rings is 1. The maximum atomic E-state index is 10.8. The van der Waals surface area contributed by atoms with Crippen molar-refractivity contribution in [2.75, 3.05) is 7.05 Å². The molecule has 0 spiro atoms. The van der Waals surface area contributed by atoms with Gasteiger partial charge >= 0.3 is 0 Å². The van der Waals surface area contributed by atoms with E-state index in [9.17, 15) is 10.1 Å². The Balaban J connectivity index is 2.12. The summed E-state index contributed by atoms with van der Waals surface area (Å²) in [6.45, 7) is 2.79. The molecule has 0 bridgehead atoms. The summed E-state index contributed by atoms with van der Waals surface area (Å²) in [6, 6.07) is 10.2. The normalized spacial score (nSPS) is 10.4. The van der Waals surface area contributed by atoms with E-state index in [4.69, 9.17) is 4.74 Å². The number of hydrogen-bond acceptors (Lipinski definition) is 5. The molecule has 1 heterocycles. The first kappa shape index (κ1) is 14.9. The Morgan fingerprint density at radius 2 is 2.14 bits per heavy atom. The second-order valence-electron chi connectivity index (χ2n) is 4.64. The van der Waals surface area contributed by atoms with Crippen LogP contribution in [0.1, 0.15) is 17.0 Å². The van der Waals surface area contributed by atoms with Crippen molar-refractivity contribution >= 4 is 5.69 Å². The largest absolute Gasteiger partial charge is 0.487 e. The quantitative estimate of drug-likeness (QED) is 0.652. The number of nitro benzene ring substituents is 1. The molecule has 1 N–H and O–H groups in total. The lowest BCUT2D eigenvalue weighted by molar-refractivity contribution is -0.384. The molecule has 0 aliphatic heterocycles. The number of nitrogens with zero attached hydrogens (tertiary/aromatic N) is 2. The summed E-state index contributed by atoms with van der Waals surface area (Å²) in [5.74, 6) is 0.682. The van der Waals surface area contributed by atoms with E-state index in [-0.39, 0.29) is 12.3 Å². The van der Waals surface area contributed by atoms with Crippen molar-refractivity contribution in [2.24, 2.45) is 0 Å². The first-order chi connectivity index (χ1) is 10.1. The van der Waals surface area contributed by atoms with Gasteiger partial charge in [0.15, 0.2) is 0 Å². The number of nitro groups is 1. The third-order valence-electron chi connectivity index (χ3n) is 2.93. The van der Waals surface area contributed by atoms with Gasteiger partial charge in [-0.1, -0.05) is 12.1 Å². The van der Waals surface area contributed by atoms with Crippen molar-refractivity contribution < 1.29 is 9.66 Å². The topological polar surface area (TPSA) is 77.3 Å². The predicted molar refractivity (Wildman–Crippen MR) is 79.2 cm³/mol. The second kappa shape index (κ2) is 6.81. The Morgan fingerprint density at radius 1 is 1.33 bits per heavy atom. The zero-order chi connectivity index (χ0) is 15.2. The number of hydrogen-bond donors (Lipinski definition) is 1. The minimum atomic E-state index is -0.413. The van der Waals surface area contributed by atoms with Crippen molar-refractivity contribution in [1.29, 1.82) is 0 Å². The fourth-order valence-electron chi connectivity index (χ4n) is 1.94. The highest BCUT2D eigenvalue weighted by Crippen LogP contribution is 2.20. The monoisotopic (exact) mass is 287 g/mol. The molecular weight excluding hydrogens is 270 g/mol. The maximum Gasteiger partial charge on any atom is 0.269 e. The van der Waals surface area contributed by atoms with Gasteiger partial charge in [-0.05, 0) is 31.7 Å². The predicted octanol–water partition coefficient (Wildman–Crippen LogP) is 2.60. The smallest absolute Gasteiger partial charge is 0.269 e. The molecule has 1 aromatic heterocycles. The van der Waals surface area contributed by atoms with Gasteiger partial charge in [0.2, 0.25) is 0 Å². The standard InChI is InChI=1S/C15H17N3O3/c1-11-6-7-15(14(17-11)9-16-2)21-10-12-4-3-5-13(8-12)18(19)20/h3-8,16H,9-10H2,1-2H3. The average Bonchev–Trinajstić information content (AvgIpc) is 2.47. The summed E-state index contributed by atoms with van der Waals surface area (Å²) in [7, 11) is 1.84. The van der Waals surface area contributed by atoms with Crippen molar-refractivity contribution in [3.05, 3.63) is 63.5 Å². The number of ether oxygens (including phenoxy) is 1. The van der Waals surface area contributed by atoms with E-state index < -0.39 is 4.92 Å². The molecule has 0 saturated carbocycles. The number of pyridine rings is 1. The molecule has 0 fully saturated rings. The van der Waals surface area contributed by atoms with Gasteiger partial charge in [0, 0.05) is 24.4 Å². The molecule has 1 aromatic carbocycles. The van der Waals surface area contributed by atoms with Crippen LogP contribution in [0, 0.1) is 17.0 Å². The van der Waals surface area contributed by atoms with Gasteiger partial charge in [-0.15, -0.1) is 0 Å². The number of nitrogens with one attached hydrogen (secondary N) is 1. The molecule has 110 valence electrons. The second-order valence-corrected chi connectivity index (χ2v) is 4.64. The van der Waals surface area contributed by atoms with Gasteiger partial charge in [0.1, 0.15) is 12.4 Å². The van der Waals surface area contributed by atoms with E-state index in [2.05, 4.69) is 10.3 Å². The van der Waals surface area contributed by atoms with Crippen molar-refractivity contribution in [1.82, 2.24) is 10.3 Å². The van der Waals surface area contributed by atoms with Crippen LogP contribution in [0.2, 0.25) is 0 Å². The fraction of sp³-hybridized carbons (Fsp3) is 0.267. The highest BCUT2D eigenvalue weighted by molar-refractivity contribution is 5.35. The van der Waals surface area contributed by atoms with E-state index in [1.54, 1.807) is 12.1 Å². The molecule has 2 rings (SSSR count). The van der Waals surface area contributed by atoms with E-state index in [1.165, 1.54) is 12.1 Å². The third kappa shape index (κ3) is 4.00. The molecule has 0 atom stereocenters. The molecule has 0 amide bonds. The summed E-state index contributed by atoms with van der Waals surface area (Å²) in [5.41, 5.74) is 2.56. The van der Waals surface area contributed by atoms with Crippen molar-refractivity contribution in [3.8, 4) is 5.75 Å². The molecule has 0 unspecified atom stereocenters. The summed E-state index contributed by atoms with van der Waals surface area (Å²) in [6.07, 6.45) is 0. The van der Waals surface area contributed by atoms with Gasteiger partial charge in [0.05, 0.1) is 10.6 Å². The van der Waals surface area contributed by atoms with Gasteiger partial charge in [-0.2, -0.15) is 0 Å². The summed E-state index contributed by atoms with van der Waals surface area (Å²) < 4.78 is 5.74. The van der Waals surface area contributed by atoms with Crippen LogP contribution in [0.4, 0.5) is 5.69 Å². The molecule has 0 radical (unpaired) electrons. The Bertz CT molecular complexity index is 644. The van der Waals surface area contributed by atoms with E-state index >= 15 is 0 Å². The van der Waals surface area contributed by atoms with Crippen LogP contribution in [-0.2, 0) is 13.2 Å². The first-order valence-electron chi connectivity index (χ1n) is 6.57. The Kier molecular flexibility index (Phi) is 4.84. The number of rotatable bonds is 6. The first-order valence-corrected chi connectivity index (χ1v) is 6.57. The third-order valence-corrected chi connectivity index (χ3v) is 2.93. The molecule has 0 saturated heterocycles. The van der Waals surface area contributed by atoms with Gasteiger partial charge in [-0.25, -0.2) is 0 Å². The lowest BCUT2D eigenvalue weighted by atomic mass is 10.2. The highest BCUT2D eigenvalue weighted by Gasteiger charge is 2.08. The summed E-state index contributed by atoms with van der Waals surface area (Å²) in [4.78, 5) is 14.8. The zero-order valence-electron chi connectivity index (χ0n) is 12.0. The van der Waals surface area contributed by atoms with Crippen LogP contribution in [0.5, 0.6) is 5.75 Å². The average molecular weight is 287 g/mol. The van der Waals surface area contributed by atoms with Gasteiger partial charge in [0.25, 0.3) is 5.69 Å². The van der Waals surface area contributed by atoms with Crippen LogP contribution >= 0.6 is 0 Å². The van der Waals surface area contributed by atoms with E-state index in [0.29, 0.717) is 12.3 Å². The number of aryl methyl sites for hydroxylation is 1. The molecule has 0 aliphatic carbocycles.